The number of aliphatic hydroxyl groups excluding tert-OH is 1. The van der Waals surface area contributed by atoms with E-state index in [-0.39, 0.29) is 6.61 Å². The van der Waals surface area contributed by atoms with Crippen molar-refractivity contribution in [2.45, 2.75) is 19.6 Å². The summed E-state index contributed by atoms with van der Waals surface area (Å²) in [6, 6.07) is 9.42. The lowest BCUT2D eigenvalue weighted by Gasteiger charge is -2.13. The number of methoxy groups -OCH3 is 1. The Bertz CT molecular complexity index is 539. The van der Waals surface area contributed by atoms with Gasteiger partial charge in [0, 0.05) is 18.0 Å². The van der Waals surface area contributed by atoms with E-state index in [9.17, 15) is 5.11 Å². The molecule has 0 amide bonds. The van der Waals surface area contributed by atoms with E-state index in [1.165, 1.54) is 10.4 Å². The Kier molecular flexibility index (Phi) is 6.04. The number of hydrogen-bond acceptors (Lipinski definition) is 5. The van der Waals surface area contributed by atoms with Gasteiger partial charge >= 0.3 is 0 Å². The van der Waals surface area contributed by atoms with Crippen molar-refractivity contribution in [2.75, 3.05) is 20.3 Å². The van der Waals surface area contributed by atoms with Crippen molar-refractivity contribution in [2.24, 2.45) is 0 Å². The first-order chi connectivity index (χ1) is 10.2. The molecule has 1 unspecified atom stereocenters. The highest BCUT2D eigenvalue weighted by atomic mass is 32.1. The first-order valence-electron chi connectivity index (χ1n) is 6.87. The number of benzene rings is 1. The third kappa shape index (κ3) is 5.04. The number of aliphatic hydroxyl groups is 1. The van der Waals surface area contributed by atoms with E-state index in [0.29, 0.717) is 6.54 Å². The molecule has 0 spiro atoms. The summed E-state index contributed by atoms with van der Waals surface area (Å²) in [5, 5.41) is 15.2. The quantitative estimate of drug-likeness (QED) is 0.787. The van der Waals surface area contributed by atoms with E-state index in [0.717, 1.165) is 18.0 Å². The lowest BCUT2D eigenvalue weighted by molar-refractivity contribution is 0.106. The Hall–Kier alpha value is -1.56. The molecule has 0 bridgehead atoms. The number of ether oxygens (including phenoxy) is 2. The second-order valence-electron chi connectivity index (χ2n) is 4.80. The van der Waals surface area contributed by atoms with Crippen LogP contribution in [0.25, 0.3) is 0 Å². The van der Waals surface area contributed by atoms with Crippen molar-refractivity contribution in [1.82, 2.24) is 5.32 Å². The van der Waals surface area contributed by atoms with E-state index in [1.54, 1.807) is 18.4 Å². The second-order valence-corrected chi connectivity index (χ2v) is 5.80. The molecule has 0 aliphatic heterocycles. The average molecular weight is 307 g/mol. The topological polar surface area (TPSA) is 50.7 Å². The predicted octanol–water partition coefficient (Wildman–Crippen LogP) is 2.59. The van der Waals surface area contributed by atoms with Crippen LogP contribution in [-0.4, -0.2) is 31.5 Å². The number of rotatable bonds is 8. The van der Waals surface area contributed by atoms with Gasteiger partial charge in [-0.2, -0.15) is 0 Å². The highest BCUT2D eigenvalue weighted by molar-refractivity contribution is 7.10. The van der Waals surface area contributed by atoms with Gasteiger partial charge in [0.15, 0.2) is 0 Å². The SMILES string of the molecule is COc1ccc(OCC(O)CNCc2sccc2C)cc1. The molecule has 1 aromatic heterocycles. The zero-order valence-electron chi connectivity index (χ0n) is 12.3. The summed E-state index contributed by atoms with van der Waals surface area (Å²) in [6.07, 6.45) is -0.535. The van der Waals surface area contributed by atoms with Crippen LogP contribution in [-0.2, 0) is 6.54 Å². The summed E-state index contributed by atoms with van der Waals surface area (Å²) < 4.78 is 10.6. The number of aryl methyl sites for hydroxylation is 1. The molecule has 0 aliphatic carbocycles. The molecule has 0 fully saturated rings. The van der Waals surface area contributed by atoms with E-state index in [2.05, 4.69) is 23.7 Å². The summed E-state index contributed by atoms with van der Waals surface area (Å²) >= 11 is 1.73. The molecule has 1 aromatic carbocycles. The zero-order chi connectivity index (χ0) is 15.1. The van der Waals surface area contributed by atoms with Gasteiger partial charge in [-0.1, -0.05) is 0 Å². The summed E-state index contributed by atoms with van der Waals surface area (Å²) in [4.78, 5) is 1.30. The Morgan fingerprint density at radius 2 is 1.90 bits per heavy atom. The fourth-order valence-electron chi connectivity index (χ4n) is 1.86. The van der Waals surface area contributed by atoms with Gasteiger partial charge in [-0.05, 0) is 48.2 Å². The van der Waals surface area contributed by atoms with Crippen LogP contribution in [0.15, 0.2) is 35.7 Å². The average Bonchev–Trinajstić information content (AvgIpc) is 2.91. The first-order valence-corrected chi connectivity index (χ1v) is 7.75. The van der Waals surface area contributed by atoms with Crippen LogP contribution >= 0.6 is 11.3 Å². The van der Waals surface area contributed by atoms with E-state index in [4.69, 9.17) is 9.47 Å². The van der Waals surface area contributed by atoms with Gasteiger partial charge in [-0.25, -0.2) is 0 Å². The maximum Gasteiger partial charge on any atom is 0.119 e. The molecule has 0 saturated heterocycles. The predicted molar refractivity (Wildman–Crippen MR) is 85.3 cm³/mol. The third-order valence-electron chi connectivity index (χ3n) is 3.14. The zero-order valence-corrected chi connectivity index (χ0v) is 13.2. The van der Waals surface area contributed by atoms with Gasteiger partial charge in [0.2, 0.25) is 0 Å². The van der Waals surface area contributed by atoms with Crippen LogP contribution in [0, 0.1) is 6.92 Å². The maximum atomic E-state index is 9.90. The molecule has 0 saturated carbocycles. The van der Waals surface area contributed by atoms with Crippen LogP contribution in [0.1, 0.15) is 10.4 Å². The van der Waals surface area contributed by atoms with Crippen molar-refractivity contribution in [3.8, 4) is 11.5 Å². The number of thiophene rings is 1. The van der Waals surface area contributed by atoms with Gasteiger partial charge in [-0.3, -0.25) is 0 Å². The molecular weight excluding hydrogens is 286 g/mol. The van der Waals surface area contributed by atoms with Crippen LogP contribution in [0.3, 0.4) is 0 Å². The van der Waals surface area contributed by atoms with E-state index >= 15 is 0 Å². The van der Waals surface area contributed by atoms with Crippen molar-refractivity contribution >= 4 is 11.3 Å². The molecule has 2 N–H and O–H groups in total. The molecule has 1 atom stereocenters. The van der Waals surface area contributed by atoms with Gasteiger partial charge < -0.3 is 19.9 Å². The Morgan fingerprint density at radius 1 is 1.19 bits per heavy atom. The molecule has 4 nitrogen and oxygen atoms in total. The molecule has 1 heterocycles. The minimum Gasteiger partial charge on any atom is -0.497 e. The van der Waals surface area contributed by atoms with Crippen molar-refractivity contribution in [1.29, 1.82) is 0 Å². The normalized spacial score (nSPS) is 12.1. The Morgan fingerprint density at radius 3 is 2.52 bits per heavy atom. The van der Waals surface area contributed by atoms with E-state index in [1.807, 2.05) is 24.3 Å². The highest BCUT2D eigenvalue weighted by Gasteiger charge is 2.06. The maximum absolute atomic E-state index is 9.90. The third-order valence-corrected chi connectivity index (χ3v) is 4.16. The van der Waals surface area contributed by atoms with Crippen LogP contribution < -0.4 is 14.8 Å². The molecule has 2 aromatic rings. The van der Waals surface area contributed by atoms with Crippen LogP contribution in [0.4, 0.5) is 0 Å². The fraction of sp³-hybridized carbons (Fsp3) is 0.375. The monoisotopic (exact) mass is 307 g/mol. The number of nitrogens with one attached hydrogen (secondary N) is 1. The largest absolute Gasteiger partial charge is 0.497 e. The lowest BCUT2D eigenvalue weighted by atomic mass is 10.3. The molecule has 114 valence electrons. The molecule has 5 heteroatoms. The molecular formula is C16H21NO3S. The second kappa shape index (κ2) is 8.02. The Balaban J connectivity index is 1.67. The van der Waals surface area contributed by atoms with Crippen molar-refractivity contribution in [3.63, 3.8) is 0 Å². The number of hydrogen-bond donors (Lipinski definition) is 2. The van der Waals surface area contributed by atoms with Crippen molar-refractivity contribution < 1.29 is 14.6 Å². The summed E-state index contributed by atoms with van der Waals surface area (Å²) in [6.45, 7) is 3.65. The van der Waals surface area contributed by atoms with Gasteiger partial charge in [0.05, 0.1) is 7.11 Å². The first kappa shape index (κ1) is 15.8. The fourth-order valence-corrected chi connectivity index (χ4v) is 2.74. The summed E-state index contributed by atoms with van der Waals surface area (Å²) in [5.41, 5.74) is 1.29. The molecule has 21 heavy (non-hydrogen) atoms. The minimum atomic E-state index is -0.535. The molecule has 0 radical (unpaired) electrons. The Labute approximate surface area is 129 Å². The lowest BCUT2D eigenvalue weighted by Crippen LogP contribution is -2.31. The van der Waals surface area contributed by atoms with Gasteiger partial charge in [0.25, 0.3) is 0 Å². The van der Waals surface area contributed by atoms with E-state index < -0.39 is 6.10 Å². The smallest absolute Gasteiger partial charge is 0.119 e. The highest BCUT2D eigenvalue weighted by Crippen LogP contribution is 2.17. The molecule has 0 aliphatic rings. The van der Waals surface area contributed by atoms with Crippen molar-refractivity contribution in [3.05, 3.63) is 46.2 Å². The summed E-state index contributed by atoms with van der Waals surface area (Å²) in [7, 11) is 1.63. The van der Waals surface area contributed by atoms with Gasteiger partial charge in [-0.15, -0.1) is 11.3 Å². The van der Waals surface area contributed by atoms with Crippen LogP contribution in [0.5, 0.6) is 11.5 Å². The molecule has 2 rings (SSSR count). The summed E-state index contributed by atoms with van der Waals surface area (Å²) in [5.74, 6) is 1.51. The minimum absolute atomic E-state index is 0.267. The van der Waals surface area contributed by atoms with Crippen LogP contribution in [0.2, 0.25) is 0 Å². The standard InChI is InChI=1S/C16H21NO3S/c1-12-7-8-21-16(12)10-17-9-13(18)11-20-15-5-3-14(19-2)4-6-15/h3-8,13,17-18H,9-11H2,1-2H3. The van der Waals surface area contributed by atoms with Gasteiger partial charge in [0.1, 0.15) is 24.2 Å².